The quantitative estimate of drug-likeness (QED) is 0.895. The van der Waals surface area contributed by atoms with E-state index in [0.717, 1.165) is 39.3 Å². The van der Waals surface area contributed by atoms with Gasteiger partial charge in [0.2, 0.25) is 0 Å². The fourth-order valence-corrected chi connectivity index (χ4v) is 2.82. The predicted molar refractivity (Wildman–Crippen MR) is 79.1 cm³/mol. The van der Waals surface area contributed by atoms with Crippen molar-refractivity contribution in [2.75, 3.05) is 39.3 Å². The summed E-state index contributed by atoms with van der Waals surface area (Å²) in [5, 5.41) is 10.3. The Kier molecular flexibility index (Phi) is 5.52. The molecule has 2 unspecified atom stereocenters. The molecule has 1 aliphatic heterocycles. The van der Waals surface area contributed by atoms with E-state index < -0.39 is 6.10 Å². The molecule has 0 aliphatic carbocycles. The van der Waals surface area contributed by atoms with Crippen LogP contribution in [0, 0.1) is 11.7 Å². The average molecular weight is 280 g/mol. The van der Waals surface area contributed by atoms with Gasteiger partial charge in [-0.3, -0.25) is 0 Å². The van der Waals surface area contributed by atoms with E-state index in [9.17, 15) is 9.50 Å². The minimum atomic E-state index is -0.736. The molecule has 0 bridgehead atoms. The van der Waals surface area contributed by atoms with Gasteiger partial charge in [0.15, 0.2) is 0 Å². The molecule has 4 heteroatoms. The number of likely N-dealkylation sites (N-methyl/N-ethyl adjacent to an activating group) is 1. The smallest absolute Gasteiger partial charge is 0.129 e. The van der Waals surface area contributed by atoms with Crippen molar-refractivity contribution in [1.82, 2.24) is 9.80 Å². The molecule has 3 nitrogen and oxygen atoms in total. The van der Waals surface area contributed by atoms with Crippen LogP contribution in [0.25, 0.3) is 0 Å². The van der Waals surface area contributed by atoms with Gasteiger partial charge in [-0.2, -0.15) is 0 Å². The van der Waals surface area contributed by atoms with Crippen LogP contribution in [0.2, 0.25) is 0 Å². The largest absolute Gasteiger partial charge is 0.388 e. The molecule has 1 aromatic rings. The molecular weight excluding hydrogens is 255 g/mol. The summed E-state index contributed by atoms with van der Waals surface area (Å²) in [5.74, 6) is -0.289. The fourth-order valence-electron chi connectivity index (χ4n) is 2.82. The minimum absolute atomic E-state index is 0.0278. The topological polar surface area (TPSA) is 26.7 Å². The zero-order valence-electron chi connectivity index (χ0n) is 12.4. The lowest BCUT2D eigenvalue weighted by atomic mass is 9.96. The van der Waals surface area contributed by atoms with Crippen LogP contribution in [0.1, 0.15) is 25.5 Å². The number of hydrogen-bond donors (Lipinski definition) is 1. The summed E-state index contributed by atoms with van der Waals surface area (Å²) in [4.78, 5) is 4.79. The maximum Gasteiger partial charge on any atom is 0.129 e. The first-order chi connectivity index (χ1) is 9.61. The van der Waals surface area contributed by atoms with Gasteiger partial charge in [0.05, 0.1) is 6.10 Å². The number of nitrogens with zero attached hydrogens (tertiary/aromatic N) is 2. The molecule has 0 aromatic heterocycles. The Hall–Kier alpha value is -0.970. The van der Waals surface area contributed by atoms with E-state index >= 15 is 0 Å². The second-order valence-corrected chi connectivity index (χ2v) is 5.68. The normalized spacial score (nSPS) is 20.8. The standard InChI is InChI=1S/C16H25FN2O/c1-3-18-8-10-19(11-9-18)12-13(2)16(20)14-6-4-5-7-15(14)17/h4-7,13,16,20H,3,8-12H2,1-2H3. The monoisotopic (exact) mass is 280 g/mol. The molecule has 0 radical (unpaired) electrons. The minimum Gasteiger partial charge on any atom is -0.388 e. The maximum atomic E-state index is 13.7. The fraction of sp³-hybridized carbons (Fsp3) is 0.625. The van der Waals surface area contributed by atoms with Gasteiger partial charge in [-0.15, -0.1) is 0 Å². The summed E-state index contributed by atoms with van der Waals surface area (Å²) in [7, 11) is 0. The number of halogens is 1. The zero-order chi connectivity index (χ0) is 14.5. The third-order valence-electron chi connectivity index (χ3n) is 4.22. The molecular formula is C16H25FN2O. The molecule has 2 rings (SSSR count). The van der Waals surface area contributed by atoms with Crippen LogP contribution in [0.3, 0.4) is 0 Å². The third kappa shape index (κ3) is 3.78. The third-order valence-corrected chi connectivity index (χ3v) is 4.22. The van der Waals surface area contributed by atoms with Gasteiger partial charge in [0, 0.05) is 38.3 Å². The number of hydrogen-bond acceptors (Lipinski definition) is 3. The van der Waals surface area contributed by atoms with Gasteiger partial charge in [-0.05, 0) is 18.5 Å². The molecule has 20 heavy (non-hydrogen) atoms. The summed E-state index contributed by atoms with van der Waals surface area (Å²) >= 11 is 0. The zero-order valence-corrected chi connectivity index (χ0v) is 12.4. The average Bonchev–Trinajstić information content (AvgIpc) is 2.48. The second-order valence-electron chi connectivity index (χ2n) is 5.68. The van der Waals surface area contributed by atoms with Crippen LogP contribution in [-0.2, 0) is 0 Å². The molecule has 1 N–H and O–H groups in total. The van der Waals surface area contributed by atoms with Crippen LogP contribution >= 0.6 is 0 Å². The van der Waals surface area contributed by atoms with Gasteiger partial charge < -0.3 is 14.9 Å². The van der Waals surface area contributed by atoms with Crippen molar-refractivity contribution in [2.24, 2.45) is 5.92 Å². The first kappa shape index (κ1) is 15.4. The molecule has 1 aliphatic rings. The molecule has 0 saturated carbocycles. The Morgan fingerprint density at radius 1 is 1.15 bits per heavy atom. The summed E-state index contributed by atoms with van der Waals surface area (Å²) in [5.41, 5.74) is 0.409. The van der Waals surface area contributed by atoms with Crippen molar-refractivity contribution >= 4 is 0 Å². The van der Waals surface area contributed by atoms with Crippen molar-refractivity contribution in [3.8, 4) is 0 Å². The Balaban J connectivity index is 1.89. The second kappa shape index (κ2) is 7.16. The predicted octanol–water partition coefficient (Wildman–Crippen LogP) is 2.13. The van der Waals surface area contributed by atoms with Gasteiger partial charge in [-0.25, -0.2) is 4.39 Å². The van der Waals surface area contributed by atoms with E-state index in [1.54, 1.807) is 18.2 Å². The molecule has 2 atom stereocenters. The Morgan fingerprint density at radius 2 is 1.75 bits per heavy atom. The molecule has 1 fully saturated rings. The number of aliphatic hydroxyl groups excluding tert-OH is 1. The van der Waals surface area contributed by atoms with Crippen molar-refractivity contribution < 1.29 is 9.50 Å². The van der Waals surface area contributed by atoms with Crippen LogP contribution in [0.4, 0.5) is 4.39 Å². The van der Waals surface area contributed by atoms with E-state index in [4.69, 9.17) is 0 Å². The molecule has 0 amide bonds. The van der Waals surface area contributed by atoms with Crippen molar-refractivity contribution in [2.45, 2.75) is 20.0 Å². The molecule has 0 spiro atoms. The van der Waals surface area contributed by atoms with Crippen LogP contribution in [0.15, 0.2) is 24.3 Å². The van der Waals surface area contributed by atoms with Crippen molar-refractivity contribution in [3.63, 3.8) is 0 Å². The highest BCUT2D eigenvalue weighted by Crippen LogP contribution is 2.25. The molecule has 1 aromatic carbocycles. The summed E-state index contributed by atoms with van der Waals surface area (Å²) < 4.78 is 13.7. The summed E-state index contributed by atoms with van der Waals surface area (Å²) in [6, 6.07) is 6.51. The number of aliphatic hydroxyl groups is 1. The van der Waals surface area contributed by atoms with E-state index in [1.807, 2.05) is 6.92 Å². The molecule has 1 saturated heterocycles. The summed E-state index contributed by atoms with van der Waals surface area (Å²) in [6.45, 7) is 10.3. The highest BCUT2D eigenvalue weighted by Gasteiger charge is 2.23. The van der Waals surface area contributed by atoms with E-state index in [-0.39, 0.29) is 11.7 Å². The first-order valence-corrected chi connectivity index (χ1v) is 7.49. The molecule has 112 valence electrons. The number of benzene rings is 1. The van der Waals surface area contributed by atoms with Gasteiger partial charge in [0.25, 0.3) is 0 Å². The van der Waals surface area contributed by atoms with Crippen molar-refractivity contribution in [1.29, 1.82) is 0 Å². The Bertz CT molecular complexity index is 419. The van der Waals surface area contributed by atoms with E-state index in [2.05, 4.69) is 16.7 Å². The Morgan fingerprint density at radius 3 is 2.35 bits per heavy atom. The number of rotatable bonds is 5. The Labute approximate surface area is 121 Å². The van der Waals surface area contributed by atoms with Crippen LogP contribution in [0.5, 0.6) is 0 Å². The highest BCUT2D eigenvalue weighted by molar-refractivity contribution is 5.20. The lowest BCUT2D eigenvalue weighted by Gasteiger charge is -2.36. The van der Waals surface area contributed by atoms with Gasteiger partial charge in [0.1, 0.15) is 5.82 Å². The lowest BCUT2D eigenvalue weighted by molar-refractivity contribution is 0.0639. The lowest BCUT2D eigenvalue weighted by Crippen LogP contribution is -2.47. The van der Waals surface area contributed by atoms with Crippen molar-refractivity contribution in [3.05, 3.63) is 35.6 Å². The van der Waals surface area contributed by atoms with E-state index in [0.29, 0.717) is 5.56 Å². The van der Waals surface area contributed by atoms with E-state index in [1.165, 1.54) is 6.07 Å². The SMILES string of the molecule is CCN1CCN(CC(C)C(O)c2ccccc2F)CC1. The van der Waals surface area contributed by atoms with Gasteiger partial charge >= 0.3 is 0 Å². The van der Waals surface area contributed by atoms with Crippen LogP contribution < -0.4 is 0 Å². The molecule has 1 heterocycles. The highest BCUT2D eigenvalue weighted by atomic mass is 19.1. The van der Waals surface area contributed by atoms with Crippen LogP contribution in [-0.4, -0.2) is 54.2 Å². The van der Waals surface area contributed by atoms with Gasteiger partial charge in [-0.1, -0.05) is 32.0 Å². The first-order valence-electron chi connectivity index (χ1n) is 7.49. The summed E-state index contributed by atoms with van der Waals surface area (Å²) in [6.07, 6.45) is -0.736. The number of piperazine rings is 1. The maximum absolute atomic E-state index is 13.7.